The standard InChI is InChI=1S/C17H21N3O/c18-14-5-4-10-20(12-14)16-7-3-8-17(11-16)21-13-15-6-1-2-9-19-15/h1-3,6-9,11,14H,4-5,10,12-13,18H2. The van der Waals surface area contributed by atoms with Gasteiger partial charge >= 0.3 is 0 Å². The smallest absolute Gasteiger partial charge is 0.130 e. The number of anilines is 1. The molecule has 0 aliphatic carbocycles. The van der Waals surface area contributed by atoms with E-state index < -0.39 is 0 Å². The molecule has 2 heterocycles. The van der Waals surface area contributed by atoms with E-state index in [0.29, 0.717) is 6.61 Å². The van der Waals surface area contributed by atoms with Crippen LogP contribution in [0.3, 0.4) is 0 Å². The van der Waals surface area contributed by atoms with Gasteiger partial charge in [-0.25, -0.2) is 0 Å². The fourth-order valence-electron chi connectivity index (χ4n) is 2.66. The fourth-order valence-corrected chi connectivity index (χ4v) is 2.66. The Bertz CT molecular complexity index is 573. The Morgan fingerprint density at radius 3 is 3.00 bits per heavy atom. The van der Waals surface area contributed by atoms with Gasteiger partial charge in [0.15, 0.2) is 0 Å². The molecule has 0 radical (unpaired) electrons. The molecular formula is C17H21N3O. The highest BCUT2D eigenvalue weighted by Gasteiger charge is 2.17. The maximum atomic E-state index is 6.05. The third-order valence-electron chi connectivity index (χ3n) is 3.75. The molecule has 1 aliphatic rings. The lowest BCUT2D eigenvalue weighted by Gasteiger charge is -2.32. The van der Waals surface area contributed by atoms with Gasteiger partial charge in [0, 0.05) is 37.1 Å². The van der Waals surface area contributed by atoms with Gasteiger partial charge in [0.1, 0.15) is 12.4 Å². The number of aromatic nitrogens is 1. The summed E-state index contributed by atoms with van der Waals surface area (Å²) in [6.07, 6.45) is 4.05. The summed E-state index contributed by atoms with van der Waals surface area (Å²) in [4.78, 5) is 6.60. The molecule has 1 unspecified atom stereocenters. The van der Waals surface area contributed by atoms with E-state index in [1.165, 1.54) is 5.69 Å². The normalized spacial score (nSPS) is 18.5. The molecule has 110 valence electrons. The van der Waals surface area contributed by atoms with Crippen molar-refractivity contribution < 1.29 is 4.74 Å². The lowest BCUT2D eigenvalue weighted by molar-refractivity contribution is 0.301. The molecular weight excluding hydrogens is 262 g/mol. The van der Waals surface area contributed by atoms with Crippen LogP contribution < -0.4 is 15.4 Å². The van der Waals surface area contributed by atoms with Gasteiger partial charge in [-0.2, -0.15) is 0 Å². The zero-order valence-electron chi connectivity index (χ0n) is 12.1. The summed E-state index contributed by atoms with van der Waals surface area (Å²) in [6, 6.07) is 14.3. The van der Waals surface area contributed by atoms with Crippen molar-refractivity contribution in [2.24, 2.45) is 5.73 Å². The maximum Gasteiger partial charge on any atom is 0.130 e. The number of piperidine rings is 1. The molecule has 0 bridgehead atoms. The molecule has 4 nitrogen and oxygen atoms in total. The van der Waals surface area contributed by atoms with Crippen LogP contribution in [0.15, 0.2) is 48.7 Å². The molecule has 1 atom stereocenters. The summed E-state index contributed by atoms with van der Waals surface area (Å²) in [5, 5.41) is 0. The van der Waals surface area contributed by atoms with E-state index in [9.17, 15) is 0 Å². The number of hydrogen-bond acceptors (Lipinski definition) is 4. The van der Waals surface area contributed by atoms with Gasteiger partial charge < -0.3 is 15.4 Å². The number of hydrogen-bond donors (Lipinski definition) is 1. The molecule has 3 rings (SSSR count). The molecule has 1 aromatic carbocycles. The average Bonchev–Trinajstić information content (AvgIpc) is 2.54. The Balaban J connectivity index is 1.65. The predicted molar refractivity (Wildman–Crippen MR) is 84.4 cm³/mol. The van der Waals surface area contributed by atoms with E-state index in [1.54, 1.807) is 6.20 Å². The van der Waals surface area contributed by atoms with Gasteiger partial charge in [0.2, 0.25) is 0 Å². The SMILES string of the molecule is NC1CCCN(c2cccc(OCc3ccccn3)c2)C1. The van der Waals surface area contributed by atoms with Crippen LogP contribution in [-0.2, 0) is 6.61 Å². The molecule has 0 spiro atoms. The van der Waals surface area contributed by atoms with E-state index in [1.807, 2.05) is 30.3 Å². The lowest BCUT2D eigenvalue weighted by atomic mass is 10.1. The van der Waals surface area contributed by atoms with Crippen LogP contribution >= 0.6 is 0 Å². The van der Waals surface area contributed by atoms with Crippen LogP contribution in [0.25, 0.3) is 0 Å². The second-order valence-electron chi connectivity index (χ2n) is 5.46. The highest BCUT2D eigenvalue weighted by atomic mass is 16.5. The summed E-state index contributed by atoms with van der Waals surface area (Å²) in [5.74, 6) is 0.872. The summed E-state index contributed by atoms with van der Waals surface area (Å²) in [7, 11) is 0. The van der Waals surface area contributed by atoms with Crippen LogP contribution in [0.5, 0.6) is 5.75 Å². The number of benzene rings is 1. The van der Waals surface area contributed by atoms with Crippen molar-refractivity contribution in [3.05, 3.63) is 54.4 Å². The van der Waals surface area contributed by atoms with Crippen LogP contribution in [0.1, 0.15) is 18.5 Å². The van der Waals surface area contributed by atoms with Crippen LogP contribution in [0.4, 0.5) is 5.69 Å². The Morgan fingerprint density at radius 2 is 2.19 bits per heavy atom. The van der Waals surface area contributed by atoms with E-state index in [4.69, 9.17) is 10.5 Å². The second kappa shape index (κ2) is 6.59. The number of nitrogens with zero attached hydrogens (tertiary/aromatic N) is 2. The molecule has 1 aromatic heterocycles. The molecule has 2 N–H and O–H groups in total. The number of rotatable bonds is 4. The zero-order valence-corrected chi connectivity index (χ0v) is 12.1. The van der Waals surface area contributed by atoms with Crippen molar-refractivity contribution in [1.29, 1.82) is 0 Å². The third kappa shape index (κ3) is 3.73. The predicted octanol–water partition coefficient (Wildman–Crippen LogP) is 2.59. The van der Waals surface area contributed by atoms with Gasteiger partial charge in [-0.1, -0.05) is 12.1 Å². The Morgan fingerprint density at radius 1 is 1.24 bits per heavy atom. The first-order chi connectivity index (χ1) is 10.3. The third-order valence-corrected chi connectivity index (χ3v) is 3.75. The van der Waals surface area contributed by atoms with Crippen molar-refractivity contribution in [3.63, 3.8) is 0 Å². The van der Waals surface area contributed by atoms with Gasteiger partial charge in [0.05, 0.1) is 5.69 Å². The fraction of sp³-hybridized carbons (Fsp3) is 0.353. The first kappa shape index (κ1) is 13.9. The van der Waals surface area contributed by atoms with Gasteiger partial charge in [-0.05, 0) is 37.1 Å². The first-order valence-corrected chi connectivity index (χ1v) is 7.44. The molecule has 21 heavy (non-hydrogen) atoms. The van der Waals surface area contributed by atoms with E-state index in [-0.39, 0.29) is 6.04 Å². The molecule has 1 aliphatic heterocycles. The van der Waals surface area contributed by atoms with E-state index >= 15 is 0 Å². The highest BCUT2D eigenvalue weighted by molar-refractivity contribution is 5.51. The maximum absolute atomic E-state index is 6.05. The second-order valence-corrected chi connectivity index (χ2v) is 5.46. The highest BCUT2D eigenvalue weighted by Crippen LogP contribution is 2.24. The number of nitrogens with two attached hydrogens (primary N) is 1. The average molecular weight is 283 g/mol. The largest absolute Gasteiger partial charge is 0.487 e. The molecule has 1 saturated heterocycles. The molecule has 0 amide bonds. The Labute approximate surface area is 125 Å². The van der Waals surface area contributed by atoms with Gasteiger partial charge in [0.25, 0.3) is 0 Å². The first-order valence-electron chi connectivity index (χ1n) is 7.44. The van der Waals surface area contributed by atoms with Gasteiger partial charge in [-0.3, -0.25) is 4.98 Å². The summed E-state index contributed by atoms with van der Waals surface area (Å²) in [5.41, 5.74) is 8.17. The molecule has 1 fully saturated rings. The van der Waals surface area contributed by atoms with Crippen molar-refractivity contribution in [1.82, 2.24) is 4.98 Å². The van der Waals surface area contributed by atoms with Crippen LogP contribution in [0, 0.1) is 0 Å². The molecule has 4 heteroatoms. The Kier molecular flexibility index (Phi) is 4.36. The van der Waals surface area contributed by atoms with Crippen LogP contribution in [-0.4, -0.2) is 24.1 Å². The molecule has 0 saturated carbocycles. The van der Waals surface area contributed by atoms with Crippen molar-refractivity contribution in [2.75, 3.05) is 18.0 Å². The minimum atomic E-state index is 0.275. The zero-order chi connectivity index (χ0) is 14.5. The van der Waals surface area contributed by atoms with Gasteiger partial charge in [-0.15, -0.1) is 0 Å². The van der Waals surface area contributed by atoms with E-state index in [2.05, 4.69) is 22.0 Å². The van der Waals surface area contributed by atoms with Crippen LogP contribution in [0.2, 0.25) is 0 Å². The topological polar surface area (TPSA) is 51.4 Å². The summed E-state index contributed by atoms with van der Waals surface area (Å²) in [6.45, 7) is 2.48. The summed E-state index contributed by atoms with van der Waals surface area (Å²) < 4.78 is 5.83. The minimum Gasteiger partial charge on any atom is -0.487 e. The van der Waals surface area contributed by atoms with Crippen molar-refractivity contribution >= 4 is 5.69 Å². The van der Waals surface area contributed by atoms with Crippen molar-refractivity contribution in [3.8, 4) is 5.75 Å². The quantitative estimate of drug-likeness (QED) is 0.937. The van der Waals surface area contributed by atoms with E-state index in [0.717, 1.165) is 37.4 Å². The number of ether oxygens (including phenoxy) is 1. The monoisotopic (exact) mass is 283 g/mol. The molecule has 2 aromatic rings. The van der Waals surface area contributed by atoms with Crippen molar-refractivity contribution in [2.45, 2.75) is 25.5 Å². The lowest BCUT2D eigenvalue weighted by Crippen LogP contribution is -2.42. The Hall–Kier alpha value is -2.07. The summed E-state index contributed by atoms with van der Waals surface area (Å²) >= 11 is 0. The minimum absolute atomic E-state index is 0.275. The number of pyridine rings is 1.